The molecule has 2 rings (SSSR count). The third kappa shape index (κ3) is 2.24. The Morgan fingerprint density at radius 3 is 2.64 bits per heavy atom. The molecule has 0 bridgehead atoms. The Bertz CT molecular complexity index is 313. The maximum Gasteiger partial charge on any atom is 0.0256 e. The molecule has 1 heteroatoms. The lowest BCUT2D eigenvalue weighted by Crippen LogP contribution is -2.25. The van der Waals surface area contributed by atoms with Gasteiger partial charge >= 0.3 is 0 Å². The van der Waals surface area contributed by atoms with Gasteiger partial charge in [0.15, 0.2) is 0 Å². The van der Waals surface area contributed by atoms with Crippen LogP contribution in [0.25, 0.3) is 6.08 Å². The Kier molecular flexibility index (Phi) is 3.00. The van der Waals surface area contributed by atoms with Crippen molar-refractivity contribution in [3.63, 3.8) is 0 Å². The second kappa shape index (κ2) is 4.43. The molecule has 1 atom stereocenters. The van der Waals surface area contributed by atoms with Crippen LogP contribution < -0.4 is 5.73 Å². The van der Waals surface area contributed by atoms with Gasteiger partial charge in [0.25, 0.3) is 0 Å². The molecule has 0 saturated heterocycles. The Morgan fingerprint density at radius 2 is 1.93 bits per heavy atom. The van der Waals surface area contributed by atoms with Crippen LogP contribution in [0.2, 0.25) is 0 Å². The molecule has 1 aliphatic rings. The molecule has 0 aliphatic heterocycles. The zero-order valence-electron chi connectivity index (χ0n) is 8.45. The molecule has 1 aliphatic carbocycles. The molecule has 0 amide bonds. The molecule has 0 spiro atoms. The van der Waals surface area contributed by atoms with Crippen molar-refractivity contribution in [2.24, 2.45) is 5.73 Å². The Balaban J connectivity index is 2.17. The van der Waals surface area contributed by atoms with Crippen LogP contribution in [0, 0.1) is 0 Å². The van der Waals surface area contributed by atoms with Gasteiger partial charge in [0.05, 0.1) is 0 Å². The molecule has 1 nitrogen and oxygen atoms in total. The molecule has 1 aromatic rings. The van der Waals surface area contributed by atoms with Crippen LogP contribution in [0.15, 0.2) is 35.9 Å². The van der Waals surface area contributed by atoms with Crippen LogP contribution >= 0.6 is 0 Å². The number of nitrogens with two attached hydrogens (primary N) is 1. The third-order valence-electron chi connectivity index (χ3n) is 2.86. The van der Waals surface area contributed by atoms with Gasteiger partial charge in [-0.15, -0.1) is 0 Å². The molecule has 1 saturated carbocycles. The van der Waals surface area contributed by atoms with Gasteiger partial charge in [-0.3, -0.25) is 0 Å². The largest absolute Gasteiger partial charge is 0.324 e. The quantitative estimate of drug-likeness (QED) is 0.718. The topological polar surface area (TPSA) is 26.0 Å². The maximum absolute atomic E-state index is 6.06. The molecule has 0 aromatic heterocycles. The summed E-state index contributed by atoms with van der Waals surface area (Å²) in [6.07, 6.45) is 7.16. The molecule has 1 unspecified atom stereocenters. The van der Waals surface area contributed by atoms with Crippen molar-refractivity contribution in [2.45, 2.75) is 31.7 Å². The van der Waals surface area contributed by atoms with Gasteiger partial charge in [0.2, 0.25) is 0 Å². The predicted octanol–water partition coefficient (Wildman–Crippen LogP) is 2.97. The van der Waals surface area contributed by atoms with E-state index in [1.165, 1.54) is 30.4 Å². The molecular weight excluding hydrogens is 170 g/mol. The van der Waals surface area contributed by atoms with Crippen molar-refractivity contribution in [3.8, 4) is 0 Å². The smallest absolute Gasteiger partial charge is 0.0256 e. The average molecular weight is 187 g/mol. The van der Waals surface area contributed by atoms with Crippen molar-refractivity contribution in [1.82, 2.24) is 0 Å². The molecule has 74 valence electrons. The summed E-state index contributed by atoms with van der Waals surface area (Å²) in [6.45, 7) is 0. The van der Waals surface area contributed by atoms with E-state index in [-0.39, 0.29) is 0 Å². The molecule has 1 fully saturated rings. The fraction of sp³-hybridized carbons (Fsp3) is 0.385. The monoisotopic (exact) mass is 187 g/mol. The lowest BCUT2D eigenvalue weighted by molar-refractivity contribution is 0.540. The van der Waals surface area contributed by atoms with Crippen LogP contribution in [-0.2, 0) is 0 Å². The molecular formula is C13H17N. The highest BCUT2D eigenvalue weighted by Gasteiger charge is 2.13. The van der Waals surface area contributed by atoms with E-state index in [0.717, 1.165) is 6.42 Å². The molecule has 2 N–H and O–H groups in total. The molecule has 0 radical (unpaired) electrons. The third-order valence-corrected chi connectivity index (χ3v) is 2.86. The number of benzene rings is 1. The highest BCUT2D eigenvalue weighted by Crippen LogP contribution is 2.24. The minimum atomic E-state index is 0.295. The van der Waals surface area contributed by atoms with Crippen molar-refractivity contribution < 1.29 is 0 Å². The van der Waals surface area contributed by atoms with Gasteiger partial charge in [0.1, 0.15) is 0 Å². The number of hydrogen-bond donors (Lipinski definition) is 1. The summed E-state index contributed by atoms with van der Waals surface area (Å²) in [7, 11) is 0. The van der Waals surface area contributed by atoms with Gasteiger partial charge in [-0.2, -0.15) is 0 Å². The second-order valence-corrected chi connectivity index (χ2v) is 3.98. The summed E-state index contributed by atoms with van der Waals surface area (Å²) in [5, 5.41) is 0. The van der Waals surface area contributed by atoms with Crippen LogP contribution in [0.1, 0.15) is 31.2 Å². The van der Waals surface area contributed by atoms with Crippen molar-refractivity contribution in [1.29, 1.82) is 0 Å². The summed E-state index contributed by atoms with van der Waals surface area (Å²) >= 11 is 0. The normalized spacial score (nSPS) is 25.2. The molecule has 0 heterocycles. The van der Waals surface area contributed by atoms with Crippen LogP contribution in [0.3, 0.4) is 0 Å². The van der Waals surface area contributed by atoms with Gasteiger partial charge in [-0.1, -0.05) is 48.4 Å². The van der Waals surface area contributed by atoms with E-state index in [9.17, 15) is 0 Å². The summed E-state index contributed by atoms with van der Waals surface area (Å²) in [4.78, 5) is 0. The number of hydrogen-bond acceptors (Lipinski definition) is 1. The van der Waals surface area contributed by atoms with Gasteiger partial charge in [0, 0.05) is 6.04 Å². The maximum atomic E-state index is 6.06. The van der Waals surface area contributed by atoms with E-state index in [0.29, 0.717) is 6.04 Å². The van der Waals surface area contributed by atoms with E-state index < -0.39 is 0 Å². The lowest BCUT2D eigenvalue weighted by atomic mass is 9.89. The first-order chi connectivity index (χ1) is 6.86. The minimum Gasteiger partial charge on any atom is -0.324 e. The SMILES string of the molecule is NC1CCCC/C1=C/c1ccccc1. The number of rotatable bonds is 1. The van der Waals surface area contributed by atoms with Gasteiger partial charge in [-0.25, -0.2) is 0 Å². The Morgan fingerprint density at radius 1 is 1.14 bits per heavy atom. The van der Waals surface area contributed by atoms with E-state index in [1.54, 1.807) is 0 Å². The zero-order chi connectivity index (χ0) is 9.80. The predicted molar refractivity (Wildman–Crippen MR) is 60.9 cm³/mol. The second-order valence-electron chi connectivity index (χ2n) is 3.98. The first kappa shape index (κ1) is 9.47. The van der Waals surface area contributed by atoms with Gasteiger partial charge < -0.3 is 5.73 Å². The summed E-state index contributed by atoms with van der Waals surface area (Å²) < 4.78 is 0. The fourth-order valence-electron chi connectivity index (χ4n) is 2.01. The first-order valence-electron chi connectivity index (χ1n) is 5.37. The Labute approximate surface area is 85.6 Å². The highest BCUT2D eigenvalue weighted by atomic mass is 14.6. The van der Waals surface area contributed by atoms with E-state index in [4.69, 9.17) is 5.73 Å². The summed E-state index contributed by atoms with van der Waals surface area (Å²) in [5.41, 5.74) is 8.76. The van der Waals surface area contributed by atoms with Crippen molar-refractivity contribution in [2.75, 3.05) is 0 Å². The molecule has 1 aromatic carbocycles. The first-order valence-corrected chi connectivity index (χ1v) is 5.37. The molecule has 14 heavy (non-hydrogen) atoms. The van der Waals surface area contributed by atoms with E-state index >= 15 is 0 Å². The summed E-state index contributed by atoms with van der Waals surface area (Å²) in [5.74, 6) is 0. The van der Waals surface area contributed by atoms with E-state index in [1.807, 2.05) is 6.07 Å². The highest BCUT2D eigenvalue weighted by molar-refractivity contribution is 5.54. The summed E-state index contributed by atoms with van der Waals surface area (Å²) in [6, 6.07) is 10.7. The average Bonchev–Trinajstić information content (AvgIpc) is 2.23. The zero-order valence-corrected chi connectivity index (χ0v) is 8.45. The van der Waals surface area contributed by atoms with E-state index in [2.05, 4.69) is 30.3 Å². The van der Waals surface area contributed by atoms with Crippen molar-refractivity contribution >= 4 is 6.08 Å². The van der Waals surface area contributed by atoms with Crippen molar-refractivity contribution in [3.05, 3.63) is 41.5 Å². The minimum absolute atomic E-state index is 0.295. The standard InChI is InChI=1S/C13H17N/c14-13-9-5-4-8-12(13)10-11-6-2-1-3-7-11/h1-3,6-7,10,13H,4-5,8-9,14H2/b12-10-. The van der Waals surface area contributed by atoms with Crippen LogP contribution in [-0.4, -0.2) is 6.04 Å². The van der Waals surface area contributed by atoms with Crippen LogP contribution in [0.5, 0.6) is 0 Å². The van der Waals surface area contributed by atoms with Gasteiger partial charge in [-0.05, 0) is 24.8 Å². The lowest BCUT2D eigenvalue weighted by Gasteiger charge is -2.21. The fourth-order valence-corrected chi connectivity index (χ4v) is 2.01. The van der Waals surface area contributed by atoms with Crippen LogP contribution in [0.4, 0.5) is 0 Å². The Hall–Kier alpha value is -1.08.